The summed E-state index contributed by atoms with van der Waals surface area (Å²) in [6.45, 7) is 3.52. The summed E-state index contributed by atoms with van der Waals surface area (Å²) in [5, 5.41) is 0. The van der Waals surface area contributed by atoms with E-state index in [0.29, 0.717) is 0 Å². The summed E-state index contributed by atoms with van der Waals surface area (Å²) in [4.78, 5) is 2.67. The van der Waals surface area contributed by atoms with Crippen molar-refractivity contribution < 1.29 is 11.3 Å². The van der Waals surface area contributed by atoms with Gasteiger partial charge >= 0.3 is 0 Å². The van der Waals surface area contributed by atoms with Crippen LogP contribution in [0.2, 0.25) is 0 Å². The molecule has 1 aliphatic heterocycles. The van der Waals surface area contributed by atoms with Gasteiger partial charge in [-0.05, 0) is 79.5 Å². The van der Waals surface area contributed by atoms with Crippen LogP contribution in [0.5, 0.6) is 0 Å². The fourth-order valence-electron chi connectivity index (χ4n) is 6.33. The number of hydrogen-bond donors (Lipinski definition) is 1. The molecule has 5 heteroatoms. The zero-order chi connectivity index (χ0) is 18.6. The van der Waals surface area contributed by atoms with Crippen LogP contribution in [0.15, 0.2) is 36.4 Å². The SMILES string of the molecule is CS(=O)(=O)N[C@H]1CC2(CCN(C[C@H]3C[C@H]4C=C[C@H]3C4)CC2)c2ccccc21.[HH].[HH]. The molecule has 0 aromatic heterocycles. The molecule has 1 N–H and O–H groups in total. The summed E-state index contributed by atoms with van der Waals surface area (Å²) in [6, 6.07) is 8.42. The largest absolute Gasteiger partial charge is 0.303 e. The third-order valence-corrected chi connectivity index (χ3v) is 8.29. The molecular weight excluding hydrogens is 356 g/mol. The molecule has 4 atom stereocenters. The summed E-state index contributed by atoms with van der Waals surface area (Å²) < 4.78 is 26.6. The molecule has 0 radical (unpaired) electrons. The quantitative estimate of drug-likeness (QED) is 0.797. The highest BCUT2D eigenvalue weighted by Gasteiger charge is 2.46. The molecule has 2 bridgehead atoms. The number of fused-ring (bicyclic) bond motifs is 4. The Morgan fingerprint density at radius 3 is 2.63 bits per heavy atom. The van der Waals surface area contributed by atoms with E-state index in [1.807, 2.05) is 6.07 Å². The minimum Gasteiger partial charge on any atom is -0.303 e. The number of rotatable bonds is 4. The van der Waals surface area contributed by atoms with Crippen LogP contribution < -0.4 is 4.72 Å². The Labute approximate surface area is 166 Å². The van der Waals surface area contributed by atoms with Gasteiger partial charge in [-0.3, -0.25) is 0 Å². The van der Waals surface area contributed by atoms with E-state index in [9.17, 15) is 8.42 Å². The number of nitrogens with zero attached hydrogens (tertiary/aromatic N) is 1. The van der Waals surface area contributed by atoms with Crippen molar-refractivity contribution in [2.45, 2.75) is 43.6 Å². The minimum atomic E-state index is -3.20. The molecule has 2 fully saturated rings. The normalized spacial score (nSPS) is 34.4. The zero-order valence-electron chi connectivity index (χ0n) is 16.1. The van der Waals surface area contributed by atoms with Gasteiger partial charge in [0.25, 0.3) is 0 Å². The maximum absolute atomic E-state index is 11.9. The van der Waals surface area contributed by atoms with Crippen LogP contribution in [0.4, 0.5) is 0 Å². The first kappa shape index (κ1) is 17.9. The first-order chi connectivity index (χ1) is 12.9. The lowest BCUT2D eigenvalue weighted by molar-refractivity contribution is 0.129. The van der Waals surface area contributed by atoms with Gasteiger partial charge in [-0.1, -0.05) is 36.4 Å². The summed E-state index contributed by atoms with van der Waals surface area (Å²) in [7, 11) is -3.20. The number of likely N-dealkylation sites (tertiary alicyclic amines) is 1. The molecule has 5 rings (SSSR count). The highest BCUT2D eigenvalue weighted by atomic mass is 32.2. The third kappa shape index (κ3) is 3.28. The van der Waals surface area contributed by atoms with E-state index in [-0.39, 0.29) is 14.3 Å². The van der Waals surface area contributed by atoms with Crippen molar-refractivity contribution in [2.75, 3.05) is 25.9 Å². The molecule has 0 amide bonds. The van der Waals surface area contributed by atoms with Gasteiger partial charge in [0, 0.05) is 15.4 Å². The van der Waals surface area contributed by atoms with Gasteiger partial charge in [-0.25, -0.2) is 13.1 Å². The Bertz CT molecular complexity index is 865. The van der Waals surface area contributed by atoms with Crippen molar-refractivity contribution in [3.05, 3.63) is 47.5 Å². The second-order valence-electron chi connectivity index (χ2n) is 9.36. The highest BCUT2D eigenvalue weighted by Crippen LogP contribution is 2.51. The van der Waals surface area contributed by atoms with Gasteiger partial charge in [-0.2, -0.15) is 0 Å². The smallest absolute Gasteiger partial charge is 0.209 e. The van der Waals surface area contributed by atoms with Crippen molar-refractivity contribution in [3.8, 4) is 0 Å². The molecule has 1 saturated carbocycles. The molecule has 1 aromatic rings. The fourth-order valence-corrected chi connectivity index (χ4v) is 7.06. The van der Waals surface area contributed by atoms with Gasteiger partial charge in [-0.15, -0.1) is 0 Å². The van der Waals surface area contributed by atoms with E-state index in [2.05, 4.69) is 40.0 Å². The van der Waals surface area contributed by atoms with Crippen LogP contribution in [0.1, 0.15) is 52.1 Å². The molecule has 150 valence electrons. The number of hydrogen-bond acceptors (Lipinski definition) is 3. The second-order valence-corrected chi connectivity index (χ2v) is 11.1. The van der Waals surface area contributed by atoms with Crippen molar-refractivity contribution in [2.24, 2.45) is 17.8 Å². The standard InChI is InChI=1S/C22H30N2O2S.2H2/c1-27(25,26)23-21-14-22(20-5-3-2-4-19(20)21)8-10-24(11-9-22)15-18-13-16-6-7-17(18)12-16;;/h2-7,16-18,21,23H,8-15H2,1H3;2*1H/t16-,17-,18+,21-;;/m0../s1. The van der Waals surface area contributed by atoms with E-state index < -0.39 is 10.0 Å². The predicted molar refractivity (Wildman–Crippen MR) is 112 cm³/mol. The average molecular weight is 391 g/mol. The van der Waals surface area contributed by atoms with E-state index in [0.717, 1.165) is 50.1 Å². The topological polar surface area (TPSA) is 49.4 Å². The lowest BCUT2D eigenvalue weighted by Gasteiger charge is -2.41. The zero-order valence-corrected chi connectivity index (χ0v) is 16.9. The molecule has 27 heavy (non-hydrogen) atoms. The van der Waals surface area contributed by atoms with Crippen molar-refractivity contribution >= 4 is 10.0 Å². The second kappa shape index (κ2) is 6.43. The number of benzene rings is 1. The van der Waals surface area contributed by atoms with E-state index in [1.165, 1.54) is 36.8 Å². The van der Waals surface area contributed by atoms with E-state index in [1.54, 1.807) is 0 Å². The summed E-state index contributed by atoms with van der Waals surface area (Å²) in [5.74, 6) is 2.52. The maximum Gasteiger partial charge on any atom is 0.209 e. The van der Waals surface area contributed by atoms with Crippen LogP contribution in [0.3, 0.4) is 0 Å². The van der Waals surface area contributed by atoms with Gasteiger partial charge in [0.1, 0.15) is 0 Å². The van der Waals surface area contributed by atoms with Crippen molar-refractivity contribution in [3.63, 3.8) is 0 Å². The van der Waals surface area contributed by atoms with Crippen LogP contribution >= 0.6 is 0 Å². The molecular formula is C22H34N2O2S. The number of nitrogens with one attached hydrogen (secondary N) is 1. The van der Waals surface area contributed by atoms with Gasteiger partial charge in [0.2, 0.25) is 10.0 Å². The molecule has 3 aliphatic carbocycles. The predicted octanol–water partition coefficient (Wildman–Crippen LogP) is 3.72. The van der Waals surface area contributed by atoms with Gasteiger partial charge in [0.15, 0.2) is 0 Å². The molecule has 4 aliphatic rings. The summed E-state index contributed by atoms with van der Waals surface area (Å²) in [5.41, 5.74) is 2.72. The Morgan fingerprint density at radius 2 is 1.96 bits per heavy atom. The monoisotopic (exact) mass is 390 g/mol. The van der Waals surface area contributed by atoms with Crippen LogP contribution in [-0.2, 0) is 15.4 Å². The molecule has 1 saturated heterocycles. The molecule has 1 heterocycles. The molecule has 1 aromatic carbocycles. The fraction of sp³-hybridized carbons (Fsp3) is 0.636. The molecule has 0 unspecified atom stereocenters. The third-order valence-electron chi connectivity index (χ3n) is 7.58. The average Bonchev–Trinajstić information content (AvgIpc) is 3.31. The molecule has 4 nitrogen and oxygen atoms in total. The first-order valence-electron chi connectivity index (χ1n) is 10.4. The van der Waals surface area contributed by atoms with E-state index >= 15 is 0 Å². The minimum absolute atomic E-state index is 0. The highest BCUT2D eigenvalue weighted by molar-refractivity contribution is 7.88. The lowest BCUT2D eigenvalue weighted by atomic mass is 9.73. The number of sulfonamides is 1. The molecule has 1 spiro atoms. The van der Waals surface area contributed by atoms with Crippen molar-refractivity contribution in [1.82, 2.24) is 9.62 Å². The van der Waals surface area contributed by atoms with E-state index in [4.69, 9.17) is 0 Å². The Kier molecular flexibility index (Phi) is 4.26. The maximum atomic E-state index is 11.9. The summed E-state index contributed by atoms with van der Waals surface area (Å²) in [6.07, 6.45) is 12.1. The Hall–Kier alpha value is -1.17. The summed E-state index contributed by atoms with van der Waals surface area (Å²) >= 11 is 0. The lowest BCUT2D eigenvalue weighted by Crippen LogP contribution is -2.44. The Morgan fingerprint density at radius 1 is 1.19 bits per heavy atom. The van der Waals surface area contributed by atoms with Crippen LogP contribution in [-0.4, -0.2) is 39.2 Å². The Balaban J connectivity index is 0.00000120. The van der Waals surface area contributed by atoms with Crippen LogP contribution in [0, 0.1) is 17.8 Å². The van der Waals surface area contributed by atoms with Crippen LogP contribution in [0.25, 0.3) is 0 Å². The number of piperidine rings is 1. The van der Waals surface area contributed by atoms with Crippen molar-refractivity contribution in [1.29, 1.82) is 0 Å². The number of allylic oxidation sites excluding steroid dienone is 2. The van der Waals surface area contributed by atoms with Gasteiger partial charge in [0.05, 0.1) is 6.26 Å². The van der Waals surface area contributed by atoms with Gasteiger partial charge < -0.3 is 4.90 Å². The first-order valence-corrected chi connectivity index (χ1v) is 12.3.